The van der Waals surface area contributed by atoms with Crippen molar-refractivity contribution in [1.82, 2.24) is 4.57 Å². The number of aryl methyl sites for hydroxylation is 1. The predicted octanol–water partition coefficient (Wildman–Crippen LogP) is 4.69. The molecular weight excluding hydrogens is 308 g/mol. The van der Waals surface area contributed by atoms with Gasteiger partial charge >= 0.3 is 0 Å². The Hall–Kier alpha value is -3.81. The average molecular weight is 322 g/mol. The Morgan fingerprint density at radius 2 is 1.68 bits per heavy atom. The van der Waals surface area contributed by atoms with Gasteiger partial charge in [0.05, 0.1) is 5.57 Å². The molecule has 0 atom stereocenters. The molecule has 0 bridgehead atoms. The Bertz CT molecular complexity index is 1140. The first-order chi connectivity index (χ1) is 12.2. The minimum atomic E-state index is -0.178. The van der Waals surface area contributed by atoms with E-state index in [4.69, 9.17) is 15.8 Å². The Labute approximate surface area is 145 Å². The number of allylic oxidation sites excluding steroid dienone is 3. The van der Waals surface area contributed by atoms with Gasteiger partial charge in [-0.1, -0.05) is 30.3 Å². The molecule has 0 aliphatic carbocycles. The molecule has 4 heteroatoms. The zero-order valence-corrected chi connectivity index (χ0v) is 13.7. The summed E-state index contributed by atoms with van der Waals surface area (Å²) in [5.74, 6) is 0. The van der Waals surface area contributed by atoms with Crippen molar-refractivity contribution in [3.05, 3.63) is 65.3 Å². The van der Waals surface area contributed by atoms with Crippen LogP contribution in [0.1, 0.15) is 12.5 Å². The summed E-state index contributed by atoms with van der Waals surface area (Å²) in [5.41, 5.74) is 3.15. The minimum Gasteiger partial charge on any atom is -0.341 e. The fraction of sp³-hybridized carbons (Fsp3) is 0.0952. The van der Waals surface area contributed by atoms with Gasteiger partial charge in [0.1, 0.15) is 23.8 Å². The van der Waals surface area contributed by atoms with Gasteiger partial charge in [-0.2, -0.15) is 15.8 Å². The number of rotatable bonds is 3. The average Bonchev–Trinajstić information content (AvgIpc) is 2.98. The van der Waals surface area contributed by atoms with Gasteiger partial charge in [0.2, 0.25) is 0 Å². The molecule has 0 fully saturated rings. The molecule has 0 saturated heterocycles. The quantitative estimate of drug-likeness (QED) is 0.518. The molecule has 1 heterocycles. The first-order valence-electron chi connectivity index (χ1n) is 7.87. The molecule has 0 aliphatic rings. The molecule has 0 saturated carbocycles. The third-order valence-electron chi connectivity index (χ3n) is 4.17. The van der Waals surface area contributed by atoms with E-state index in [1.165, 1.54) is 17.0 Å². The van der Waals surface area contributed by atoms with Crippen LogP contribution in [0.2, 0.25) is 0 Å². The van der Waals surface area contributed by atoms with Crippen molar-refractivity contribution in [2.24, 2.45) is 0 Å². The number of fused-ring (bicyclic) bond motifs is 3. The van der Waals surface area contributed by atoms with E-state index in [0.717, 1.165) is 23.0 Å². The lowest BCUT2D eigenvalue weighted by Gasteiger charge is -2.02. The van der Waals surface area contributed by atoms with Crippen LogP contribution in [0.15, 0.2) is 59.7 Å². The smallest absolute Gasteiger partial charge is 0.147 e. The van der Waals surface area contributed by atoms with Gasteiger partial charge in [0.25, 0.3) is 0 Å². The first-order valence-corrected chi connectivity index (χ1v) is 7.87. The van der Waals surface area contributed by atoms with E-state index in [9.17, 15) is 0 Å². The number of nitriles is 3. The Balaban J connectivity index is 2.15. The second-order valence-corrected chi connectivity index (χ2v) is 5.50. The van der Waals surface area contributed by atoms with Crippen LogP contribution in [0, 0.1) is 34.0 Å². The third kappa shape index (κ3) is 2.76. The number of para-hydroxylation sites is 1. The minimum absolute atomic E-state index is 0.0704. The summed E-state index contributed by atoms with van der Waals surface area (Å²) in [6.07, 6.45) is 3.27. The van der Waals surface area contributed by atoms with E-state index >= 15 is 0 Å². The van der Waals surface area contributed by atoms with Gasteiger partial charge in [-0.3, -0.25) is 0 Å². The Morgan fingerprint density at radius 3 is 2.36 bits per heavy atom. The Morgan fingerprint density at radius 1 is 0.960 bits per heavy atom. The van der Waals surface area contributed by atoms with E-state index in [0.29, 0.717) is 0 Å². The molecule has 3 aromatic rings. The molecular formula is C21H14N4. The highest BCUT2D eigenvalue weighted by molar-refractivity contribution is 6.08. The Kier molecular flexibility index (Phi) is 4.34. The highest BCUT2D eigenvalue weighted by Gasteiger charge is 2.09. The van der Waals surface area contributed by atoms with Crippen LogP contribution >= 0.6 is 0 Å². The van der Waals surface area contributed by atoms with Gasteiger partial charge < -0.3 is 4.57 Å². The normalized spacial score (nSPS) is 10.5. The summed E-state index contributed by atoms with van der Waals surface area (Å²) in [6, 6.07) is 19.7. The monoisotopic (exact) mass is 322 g/mol. The molecule has 3 rings (SSSR count). The van der Waals surface area contributed by atoms with Crippen molar-refractivity contribution < 1.29 is 0 Å². The van der Waals surface area contributed by atoms with E-state index in [2.05, 4.69) is 35.8 Å². The molecule has 0 aliphatic heterocycles. The van der Waals surface area contributed by atoms with Crippen molar-refractivity contribution in [2.45, 2.75) is 13.5 Å². The summed E-state index contributed by atoms with van der Waals surface area (Å²) in [4.78, 5) is 0. The topological polar surface area (TPSA) is 76.3 Å². The third-order valence-corrected chi connectivity index (χ3v) is 4.17. The van der Waals surface area contributed by atoms with Crippen molar-refractivity contribution in [1.29, 1.82) is 15.8 Å². The van der Waals surface area contributed by atoms with Crippen LogP contribution < -0.4 is 0 Å². The molecule has 0 spiro atoms. The second-order valence-electron chi connectivity index (χ2n) is 5.50. The van der Waals surface area contributed by atoms with Crippen molar-refractivity contribution in [3.63, 3.8) is 0 Å². The summed E-state index contributed by atoms with van der Waals surface area (Å²) in [7, 11) is 0. The highest BCUT2D eigenvalue weighted by atomic mass is 15.0. The van der Waals surface area contributed by atoms with Gasteiger partial charge in [0, 0.05) is 28.4 Å². The van der Waals surface area contributed by atoms with Crippen molar-refractivity contribution in [2.75, 3.05) is 0 Å². The van der Waals surface area contributed by atoms with E-state index in [1.807, 2.05) is 24.3 Å². The van der Waals surface area contributed by atoms with Crippen LogP contribution in [-0.4, -0.2) is 4.57 Å². The van der Waals surface area contributed by atoms with E-state index < -0.39 is 0 Å². The number of hydrogen-bond acceptors (Lipinski definition) is 3. The maximum absolute atomic E-state index is 9.12. The summed E-state index contributed by atoms with van der Waals surface area (Å²) >= 11 is 0. The summed E-state index contributed by atoms with van der Waals surface area (Å²) in [6.45, 7) is 3.00. The van der Waals surface area contributed by atoms with Crippen LogP contribution in [0.3, 0.4) is 0 Å². The molecule has 25 heavy (non-hydrogen) atoms. The molecule has 1 aromatic heterocycles. The molecule has 0 N–H and O–H groups in total. The maximum Gasteiger partial charge on any atom is 0.147 e. The SMILES string of the molecule is CCn1c2ccccc2c2cc(/C=C/C(C#N)=C(C#N)C#N)ccc21. The van der Waals surface area contributed by atoms with Gasteiger partial charge in [-0.05, 0) is 36.8 Å². The lowest BCUT2D eigenvalue weighted by Crippen LogP contribution is -1.92. The van der Waals surface area contributed by atoms with Crippen molar-refractivity contribution >= 4 is 27.9 Å². The number of nitrogens with zero attached hydrogens (tertiary/aromatic N) is 4. The van der Waals surface area contributed by atoms with Crippen LogP contribution in [0.5, 0.6) is 0 Å². The molecule has 4 nitrogen and oxygen atoms in total. The van der Waals surface area contributed by atoms with Crippen LogP contribution in [0.25, 0.3) is 27.9 Å². The fourth-order valence-electron chi connectivity index (χ4n) is 3.02. The number of aromatic nitrogens is 1. The lowest BCUT2D eigenvalue weighted by atomic mass is 10.1. The maximum atomic E-state index is 9.12. The number of benzene rings is 2. The molecule has 0 amide bonds. The van der Waals surface area contributed by atoms with Gasteiger partial charge in [-0.25, -0.2) is 0 Å². The fourth-order valence-corrected chi connectivity index (χ4v) is 3.02. The van der Waals surface area contributed by atoms with E-state index in [1.54, 1.807) is 18.2 Å². The zero-order valence-electron chi connectivity index (χ0n) is 13.7. The molecule has 2 aromatic carbocycles. The van der Waals surface area contributed by atoms with Gasteiger partial charge in [0.15, 0.2) is 0 Å². The van der Waals surface area contributed by atoms with E-state index in [-0.39, 0.29) is 11.1 Å². The molecule has 0 unspecified atom stereocenters. The number of hydrogen-bond donors (Lipinski definition) is 0. The highest BCUT2D eigenvalue weighted by Crippen LogP contribution is 2.30. The standard InChI is InChI=1S/C21H14N4/c1-2-25-20-6-4-3-5-18(20)19-11-15(8-10-21(19)25)7-9-16(12-22)17(13-23)14-24/h3-11H,2H2,1H3/b9-7+. The second kappa shape index (κ2) is 6.75. The van der Waals surface area contributed by atoms with Crippen LogP contribution in [-0.2, 0) is 6.54 Å². The van der Waals surface area contributed by atoms with Crippen LogP contribution in [0.4, 0.5) is 0 Å². The summed E-state index contributed by atoms with van der Waals surface area (Å²) in [5, 5.41) is 29.2. The molecule has 118 valence electrons. The largest absolute Gasteiger partial charge is 0.341 e. The van der Waals surface area contributed by atoms with Gasteiger partial charge in [-0.15, -0.1) is 0 Å². The lowest BCUT2D eigenvalue weighted by molar-refractivity contribution is 0.827. The molecule has 0 radical (unpaired) electrons. The zero-order chi connectivity index (χ0) is 17.8. The van der Waals surface area contributed by atoms with Crippen molar-refractivity contribution in [3.8, 4) is 18.2 Å². The summed E-state index contributed by atoms with van der Waals surface area (Å²) < 4.78 is 2.27. The predicted molar refractivity (Wildman–Crippen MR) is 98.0 cm³/mol. The first kappa shape index (κ1) is 16.1.